The summed E-state index contributed by atoms with van der Waals surface area (Å²) in [4.78, 5) is 11.7. The topological polar surface area (TPSA) is 69.0 Å². The minimum atomic E-state index is -0.0930. The first-order valence-corrected chi connectivity index (χ1v) is 8.74. The number of carbonyl (C=O) groups excluding carboxylic acids is 1. The third-order valence-corrected chi connectivity index (χ3v) is 4.45. The van der Waals surface area contributed by atoms with Crippen molar-refractivity contribution in [3.63, 3.8) is 0 Å². The van der Waals surface area contributed by atoms with Crippen LogP contribution in [0, 0.1) is 0 Å². The number of nitrogens with one attached hydrogen (secondary N) is 1. The molecule has 2 aromatic rings. The van der Waals surface area contributed by atoms with Crippen LogP contribution in [0.2, 0.25) is 5.02 Å². The van der Waals surface area contributed by atoms with E-state index >= 15 is 0 Å². The number of hydrogen-bond donors (Lipinski definition) is 1. The van der Waals surface area contributed by atoms with E-state index in [-0.39, 0.29) is 18.6 Å². The number of halogens is 1. The van der Waals surface area contributed by atoms with E-state index in [9.17, 15) is 4.79 Å². The van der Waals surface area contributed by atoms with Gasteiger partial charge in [0.1, 0.15) is 12.3 Å². The highest BCUT2D eigenvalue weighted by atomic mass is 35.5. The summed E-state index contributed by atoms with van der Waals surface area (Å²) in [5.74, 6) is -0.0930. The smallest absolute Gasteiger partial charge is 0.246 e. The maximum absolute atomic E-state index is 11.7. The third-order valence-electron chi connectivity index (χ3n) is 4.20. The fraction of sp³-hybridized carbons (Fsp3) is 0.389. The molecule has 0 bridgehead atoms. The van der Waals surface area contributed by atoms with Crippen molar-refractivity contribution in [1.82, 2.24) is 20.3 Å². The van der Waals surface area contributed by atoms with Crippen molar-refractivity contribution in [2.24, 2.45) is 0 Å². The first-order chi connectivity index (χ1) is 12.1. The summed E-state index contributed by atoms with van der Waals surface area (Å²) >= 11 is 5.89. The Labute approximate surface area is 151 Å². The van der Waals surface area contributed by atoms with Crippen molar-refractivity contribution in [3.05, 3.63) is 47.8 Å². The molecule has 1 saturated carbocycles. The molecule has 1 aromatic carbocycles. The molecule has 0 radical (unpaired) electrons. The van der Waals surface area contributed by atoms with E-state index in [0.717, 1.165) is 24.1 Å². The lowest BCUT2D eigenvalue weighted by molar-refractivity contribution is -0.129. The lowest BCUT2D eigenvalue weighted by atomic mass is 9.96. The zero-order chi connectivity index (χ0) is 17.6. The van der Waals surface area contributed by atoms with Gasteiger partial charge in [0.25, 0.3) is 0 Å². The molecule has 6 nitrogen and oxygen atoms in total. The first kappa shape index (κ1) is 17.6. The van der Waals surface area contributed by atoms with Crippen LogP contribution in [0.4, 0.5) is 0 Å². The molecule has 0 aliphatic heterocycles. The molecule has 1 N–H and O–H groups in total. The molecular formula is C18H21ClN4O2. The lowest BCUT2D eigenvalue weighted by Crippen LogP contribution is -2.32. The van der Waals surface area contributed by atoms with Crippen LogP contribution in [0.3, 0.4) is 0 Å². The molecule has 1 heterocycles. The van der Waals surface area contributed by atoms with Gasteiger partial charge >= 0.3 is 0 Å². The van der Waals surface area contributed by atoms with Gasteiger partial charge in [0.2, 0.25) is 5.91 Å². The second-order valence-corrected chi connectivity index (χ2v) is 6.53. The number of aromatic nitrogens is 3. The van der Waals surface area contributed by atoms with Gasteiger partial charge < -0.3 is 10.1 Å². The normalized spacial score (nSPS) is 14.1. The fourth-order valence-electron chi connectivity index (χ4n) is 2.41. The van der Waals surface area contributed by atoms with Crippen molar-refractivity contribution in [2.45, 2.75) is 31.8 Å². The van der Waals surface area contributed by atoms with E-state index in [4.69, 9.17) is 16.3 Å². The molecule has 1 aliphatic rings. The Kier molecular flexibility index (Phi) is 5.83. The van der Waals surface area contributed by atoms with Crippen LogP contribution in [-0.2, 0) is 9.53 Å². The molecule has 0 spiro atoms. The highest BCUT2D eigenvalue weighted by Gasteiger charge is 2.18. The van der Waals surface area contributed by atoms with Crippen molar-refractivity contribution < 1.29 is 9.53 Å². The number of nitrogens with zero attached hydrogens (tertiary/aromatic N) is 3. The predicted molar refractivity (Wildman–Crippen MR) is 96.6 cm³/mol. The molecule has 1 amide bonds. The summed E-state index contributed by atoms with van der Waals surface area (Å²) < 4.78 is 7.14. The van der Waals surface area contributed by atoms with Gasteiger partial charge in [0.05, 0.1) is 18.0 Å². The Hall–Kier alpha value is -2.18. The number of rotatable bonds is 8. The van der Waals surface area contributed by atoms with Gasteiger partial charge in [-0.15, -0.1) is 5.10 Å². The quantitative estimate of drug-likeness (QED) is 0.785. The lowest BCUT2D eigenvalue weighted by Gasteiger charge is -2.25. The molecule has 132 valence electrons. The van der Waals surface area contributed by atoms with Crippen LogP contribution in [-0.4, -0.2) is 40.2 Å². The summed E-state index contributed by atoms with van der Waals surface area (Å²) in [5.41, 5.74) is 2.40. The van der Waals surface area contributed by atoms with Gasteiger partial charge in [-0.1, -0.05) is 23.4 Å². The summed E-state index contributed by atoms with van der Waals surface area (Å²) in [6.45, 7) is 4.65. The highest BCUT2D eigenvalue weighted by Crippen LogP contribution is 2.21. The molecule has 1 aliphatic carbocycles. The average molecular weight is 361 g/mol. The van der Waals surface area contributed by atoms with E-state index < -0.39 is 0 Å². The monoisotopic (exact) mass is 360 g/mol. The molecule has 0 saturated heterocycles. The number of amides is 1. The number of ether oxygens (including phenoxy) is 1. The molecule has 1 aromatic heterocycles. The van der Waals surface area contributed by atoms with Gasteiger partial charge in [-0.3, -0.25) is 4.79 Å². The Morgan fingerprint density at radius 2 is 2.12 bits per heavy atom. The van der Waals surface area contributed by atoms with Gasteiger partial charge in [-0.25, -0.2) is 4.68 Å². The fourth-order valence-corrected chi connectivity index (χ4v) is 2.53. The van der Waals surface area contributed by atoms with E-state index in [1.807, 2.05) is 18.3 Å². The molecule has 7 heteroatoms. The second kappa shape index (κ2) is 8.27. The maximum Gasteiger partial charge on any atom is 0.246 e. The van der Waals surface area contributed by atoms with Crippen LogP contribution in [0.25, 0.3) is 11.3 Å². The summed E-state index contributed by atoms with van der Waals surface area (Å²) in [6.07, 6.45) is 6.01. The largest absolute Gasteiger partial charge is 0.368 e. The summed E-state index contributed by atoms with van der Waals surface area (Å²) in [6, 6.07) is 7.33. The van der Waals surface area contributed by atoms with E-state index in [1.165, 1.54) is 6.42 Å². The first-order valence-electron chi connectivity index (χ1n) is 8.36. The second-order valence-electron chi connectivity index (χ2n) is 6.09. The van der Waals surface area contributed by atoms with Crippen molar-refractivity contribution in [1.29, 1.82) is 0 Å². The Bertz CT molecular complexity index is 738. The number of carbonyl (C=O) groups is 1. The summed E-state index contributed by atoms with van der Waals surface area (Å²) in [5, 5.41) is 11.7. The van der Waals surface area contributed by atoms with Gasteiger partial charge in [-0.2, -0.15) is 0 Å². The van der Waals surface area contributed by atoms with E-state index in [0.29, 0.717) is 23.7 Å². The predicted octanol–water partition coefficient (Wildman–Crippen LogP) is 3.01. The van der Waals surface area contributed by atoms with Crippen molar-refractivity contribution in [2.75, 3.05) is 13.2 Å². The van der Waals surface area contributed by atoms with E-state index in [1.54, 1.807) is 16.8 Å². The Balaban J connectivity index is 1.43. The minimum absolute atomic E-state index is 0.0930. The Morgan fingerprint density at radius 3 is 2.80 bits per heavy atom. The molecule has 3 rings (SSSR count). The van der Waals surface area contributed by atoms with Crippen LogP contribution < -0.4 is 5.32 Å². The zero-order valence-corrected chi connectivity index (χ0v) is 14.7. The van der Waals surface area contributed by atoms with Crippen LogP contribution in [0.5, 0.6) is 0 Å². The maximum atomic E-state index is 11.7. The van der Waals surface area contributed by atoms with Crippen molar-refractivity contribution >= 4 is 23.1 Å². The zero-order valence-electron chi connectivity index (χ0n) is 13.9. The average Bonchev–Trinajstić information content (AvgIpc) is 3.04. The van der Waals surface area contributed by atoms with Crippen LogP contribution in [0.1, 0.15) is 31.4 Å². The van der Waals surface area contributed by atoms with E-state index in [2.05, 4.69) is 22.2 Å². The molecule has 0 atom stereocenters. The molecule has 0 unspecified atom stereocenters. The standard InChI is InChI=1S/C18H21ClN4O2/c1-13(9-10-20-18(24)12-25-16-3-2-4-16)17-11-23(22-21-17)15-7-5-14(19)6-8-15/h5-8,11,16H,1-4,9-10,12H2,(H,20,24). The van der Waals surface area contributed by atoms with Gasteiger partial charge in [0.15, 0.2) is 0 Å². The van der Waals surface area contributed by atoms with Gasteiger partial charge in [0, 0.05) is 11.6 Å². The molecule has 25 heavy (non-hydrogen) atoms. The SMILES string of the molecule is C=C(CCNC(=O)COC1CCC1)c1cn(-c2ccc(Cl)cc2)nn1. The molecular weight excluding hydrogens is 340 g/mol. The highest BCUT2D eigenvalue weighted by molar-refractivity contribution is 6.30. The number of benzene rings is 1. The van der Waals surface area contributed by atoms with Gasteiger partial charge in [-0.05, 0) is 55.5 Å². The third kappa shape index (κ3) is 4.90. The summed E-state index contributed by atoms with van der Waals surface area (Å²) in [7, 11) is 0. The number of hydrogen-bond acceptors (Lipinski definition) is 4. The minimum Gasteiger partial charge on any atom is -0.368 e. The van der Waals surface area contributed by atoms with Crippen LogP contribution in [0.15, 0.2) is 37.0 Å². The Morgan fingerprint density at radius 1 is 1.36 bits per heavy atom. The van der Waals surface area contributed by atoms with Crippen LogP contribution >= 0.6 is 11.6 Å². The van der Waals surface area contributed by atoms with Crippen molar-refractivity contribution in [3.8, 4) is 5.69 Å². The molecule has 1 fully saturated rings.